The Balaban J connectivity index is 1.75. The number of hydrogen-bond donors (Lipinski definition) is 2. The molecular weight excluding hydrogens is 446 g/mol. The zero-order valence-corrected chi connectivity index (χ0v) is 21.5. The van der Waals surface area contributed by atoms with Gasteiger partial charge in [-0.1, -0.05) is 48.0 Å². The van der Waals surface area contributed by atoms with Gasteiger partial charge < -0.3 is 10.2 Å². The molecular formula is C27H33N3O3S. The average molecular weight is 480 g/mol. The van der Waals surface area contributed by atoms with E-state index in [0.29, 0.717) is 28.9 Å². The van der Waals surface area contributed by atoms with E-state index in [1.54, 1.807) is 32.0 Å². The van der Waals surface area contributed by atoms with Gasteiger partial charge in [-0.2, -0.15) is 0 Å². The Labute approximate surface area is 203 Å². The van der Waals surface area contributed by atoms with Crippen molar-refractivity contribution in [2.75, 3.05) is 18.8 Å². The summed E-state index contributed by atoms with van der Waals surface area (Å²) >= 11 is 0. The molecule has 1 amide bonds. The van der Waals surface area contributed by atoms with E-state index in [1.165, 1.54) is 5.56 Å². The van der Waals surface area contributed by atoms with Crippen LogP contribution in [0, 0.1) is 27.7 Å². The number of nitrogens with zero attached hydrogens (tertiary/aromatic N) is 1. The van der Waals surface area contributed by atoms with Crippen LogP contribution in [0.3, 0.4) is 0 Å². The van der Waals surface area contributed by atoms with Crippen molar-refractivity contribution in [3.8, 4) is 0 Å². The molecule has 0 aliphatic heterocycles. The highest BCUT2D eigenvalue weighted by molar-refractivity contribution is 7.92. The molecule has 0 bridgehead atoms. The first-order valence-electron chi connectivity index (χ1n) is 11.2. The van der Waals surface area contributed by atoms with Crippen molar-refractivity contribution in [3.05, 3.63) is 93.5 Å². The summed E-state index contributed by atoms with van der Waals surface area (Å²) in [5.74, 6) is -0.263. The standard InChI is InChI=1S/C27H33N3O3S/c1-18-13-20(3)26(21(4)14-18)34(32,33)29-25-15-24(12-7-19(25)2)27(31)28-16-22-8-10-23(11-9-22)17-30(5)6/h7-15,29H,16-17H2,1-6H3,(H,28,31). The predicted molar refractivity (Wildman–Crippen MR) is 138 cm³/mol. The third kappa shape index (κ3) is 6.24. The molecule has 0 aliphatic carbocycles. The number of amides is 1. The van der Waals surface area contributed by atoms with E-state index in [2.05, 4.69) is 27.1 Å². The Bertz CT molecular complexity index is 1270. The van der Waals surface area contributed by atoms with Gasteiger partial charge in [-0.3, -0.25) is 9.52 Å². The lowest BCUT2D eigenvalue weighted by atomic mass is 10.1. The van der Waals surface area contributed by atoms with Crippen molar-refractivity contribution in [1.29, 1.82) is 0 Å². The maximum atomic E-state index is 13.2. The van der Waals surface area contributed by atoms with Crippen molar-refractivity contribution >= 4 is 21.6 Å². The lowest BCUT2D eigenvalue weighted by Crippen LogP contribution is -2.23. The summed E-state index contributed by atoms with van der Waals surface area (Å²) in [4.78, 5) is 15.1. The van der Waals surface area contributed by atoms with Crippen LogP contribution in [0.5, 0.6) is 0 Å². The molecule has 0 aliphatic rings. The van der Waals surface area contributed by atoms with E-state index in [0.717, 1.165) is 23.2 Å². The van der Waals surface area contributed by atoms with Crippen LogP contribution in [0.1, 0.15) is 43.7 Å². The van der Waals surface area contributed by atoms with Crippen LogP contribution in [-0.2, 0) is 23.1 Å². The first kappa shape index (κ1) is 25.5. The summed E-state index contributed by atoms with van der Waals surface area (Å²) in [5.41, 5.74) is 6.10. The quantitative estimate of drug-likeness (QED) is 0.490. The minimum atomic E-state index is -3.81. The van der Waals surface area contributed by atoms with E-state index < -0.39 is 10.0 Å². The van der Waals surface area contributed by atoms with Crippen LogP contribution >= 0.6 is 0 Å². The zero-order chi connectivity index (χ0) is 25.0. The van der Waals surface area contributed by atoms with Crippen LogP contribution < -0.4 is 10.0 Å². The molecule has 34 heavy (non-hydrogen) atoms. The molecule has 0 atom stereocenters. The van der Waals surface area contributed by atoms with Gasteiger partial charge in [0.1, 0.15) is 0 Å². The van der Waals surface area contributed by atoms with E-state index in [1.807, 2.05) is 52.2 Å². The lowest BCUT2D eigenvalue weighted by Gasteiger charge is -2.16. The Hall–Kier alpha value is -3.16. The monoisotopic (exact) mass is 479 g/mol. The Morgan fingerprint density at radius 3 is 2.00 bits per heavy atom. The van der Waals surface area contributed by atoms with E-state index in [-0.39, 0.29) is 10.8 Å². The fourth-order valence-corrected chi connectivity index (χ4v) is 5.65. The van der Waals surface area contributed by atoms with Gasteiger partial charge in [-0.25, -0.2) is 8.42 Å². The van der Waals surface area contributed by atoms with Gasteiger partial charge in [0.25, 0.3) is 15.9 Å². The molecule has 0 aromatic heterocycles. The Morgan fingerprint density at radius 2 is 1.41 bits per heavy atom. The number of carbonyl (C=O) groups excluding carboxylic acids is 1. The summed E-state index contributed by atoms with van der Waals surface area (Å²) in [6.07, 6.45) is 0. The minimum absolute atomic E-state index is 0.263. The summed E-state index contributed by atoms with van der Waals surface area (Å²) in [5, 5.41) is 2.91. The van der Waals surface area contributed by atoms with Crippen molar-refractivity contribution < 1.29 is 13.2 Å². The second-order valence-electron chi connectivity index (χ2n) is 9.10. The van der Waals surface area contributed by atoms with Gasteiger partial charge in [0.2, 0.25) is 0 Å². The average Bonchev–Trinajstić information content (AvgIpc) is 2.73. The third-order valence-corrected chi connectivity index (χ3v) is 7.26. The lowest BCUT2D eigenvalue weighted by molar-refractivity contribution is 0.0951. The summed E-state index contributed by atoms with van der Waals surface area (Å²) in [6.45, 7) is 8.57. The van der Waals surface area contributed by atoms with Crippen molar-refractivity contribution in [2.45, 2.75) is 45.7 Å². The van der Waals surface area contributed by atoms with E-state index >= 15 is 0 Å². The first-order chi connectivity index (χ1) is 16.0. The number of nitrogens with one attached hydrogen (secondary N) is 2. The Kier molecular flexibility index (Phi) is 7.79. The molecule has 3 aromatic rings. The summed E-state index contributed by atoms with van der Waals surface area (Å²) in [6, 6.07) is 16.8. The number of benzene rings is 3. The SMILES string of the molecule is Cc1cc(C)c(S(=O)(=O)Nc2cc(C(=O)NCc3ccc(CN(C)C)cc3)ccc2C)c(C)c1. The van der Waals surface area contributed by atoms with Crippen molar-refractivity contribution in [1.82, 2.24) is 10.2 Å². The fraction of sp³-hybridized carbons (Fsp3) is 0.296. The molecule has 7 heteroatoms. The second kappa shape index (κ2) is 10.4. The van der Waals surface area contributed by atoms with Crippen LogP contribution in [0.4, 0.5) is 5.69 Å². The number of rotatable bonds is 8. The van der Waals surface area contributed by atoms with Crippen LogP contribution in [-0.4, -0.2) is 33.3 Å². The molecule has 0 saturated heterocycles. The zero-order valence-electron chi connectivity index (χ0n) is 20.7. The van der Waals surface area contributed by atoms with Crippen LogP contribution in [0.2, 0.25) is 0 Å². The number of carbonyl (C=O) groups is 1. The number of hydrogen-bond acceptors (Lipinski definition) is 4. The number of anilines is 1. The fourth-order valence-electron chi connectivity index (χ4n) is 4.07. The van der Waals surface area contributed by atoms with Gasteiger partial charge in [0.05, 0.1) is 10.6 Å². The third-order valence-electron chi connectivity index (χ3n) is 5.59. The molecule has 0 saturated carbocycles. The van der Waals surface area contributed by atoms with Gasteiger partial charge in [-0.05, 0) is 81.7 Å². The molecule has 0 spiro atoms. The maximum absolute atomic E-state index is 13.2. The molecule has 6 nitrogen and oxygen atoms in total. The molecule has 3 rings (SSSR count). The van der Waals surface area contributed by atoms with Gasteiger partial charge >= 0.3 is 0 Å². The molecule has 0 radical (unpaired) electrons. The summed E-state index contributed by atoms with van der Waals surface area (Å²) < 4.78 is 29.0. The first-order valence-corrected chi connectivity index (χ1v) is 12.7. The summed E-state index contributed by atoms with van der Waals surface area (Å²) in [7, 11) is 0.232. The van der Waals surface area contributed by atoms with Gasteiger partial charge in [0, 0.05) is 18.7 Å². The topological polar surface area (TPSA) is 78.5 Å². The van der Waals surface area contributed by atoms with Crippen molar-refractivity contribution in [3.63, 3.8) is 0 Å². The number of sulfonamides is 1. The van der Waals surface area contributed by atoms with E-state index in [9.17, 15) is 13.2 Å². The Morgan fingerprint density at radius 1 is 0.824 bits per heavy atom. The molecule has 3 aromatic carbocycles. The van der Waals surface area contributed by atoms with Crippen molar-refractivity contribution in [2.24, 2.45) is 0 Å². The van der Waals surface area contributed by atoms with Gasteiger partial charge in [-0.15, -0.1) is 0 Å². The highest BCUT2D eigenvalue weighted by Gasteiger charge is 2.21. The maximum Gasteiger partial charge on any atom is 0.262 e. The molecule has 0 heterocycles. The predicted octanol–water partition coefficient (Wildman–Crippen LogP) is 4.71. The largest absolute Gasteiger partial charge is 0.348 e. The normalized spacial score (nSPS) is 11.5. The highest BCUT2D eigenvalue weighted by atomic mass is 32.2. The smallest absolute Gasteiger partial charge is 0.262 e. The highest BCUT2D eigenvalue weighted by Crippen LogP contribution is 2.26. The van der Waals surface area contributed by atoms with E-state index in [4.69, 9.17) is 0 Å². The minimum Gasteiger partial charge on any atom is -0.348 e. The second-order valence-corrected chi connectivity index (χ2v) is 10.7. The van der Waals surface area contributed by atoms with Crippen LogP contribution in [0.25, 0.3) is 0 Å². The molecule has 0 fully saturated rings. The van der Waals surface area contributed by atoms with Crippen LogP contribution in [0.15, 0.2) is 59.5 Å². The number of aryl methyl sites for hydroxylation is 4. The molecule has 180 valence electrons. The van der Waals surface area contributed by atoms with Gasteiger partial charge in [0.15, 0.2) is 0 Å². The molecule has 0 unspecified atom stereocenters. The molecule has 2 N–H and O–H groups in total.